The maximum Gasteiger partial charge on any atom is 0.417 e. The second kappa shape index (κ2) is 6.42. The Morgan fingerprint density at radius 3 is 2.74 bits per heavy atom. The number of para-hydroxylation sites is 1. The van der Waals surface area contributed by atoms with Crippen molar-refractivity contribution < 1.29 is 14.3 Å². The van der Waals surface area contributed by atoms with Crippen LogP contribution < -0.4 is 15.8 Å². The molecule has 0 fully saturated rings. The molecular formula is C17H18N2O3S. The molecule has 1 aromatic carbocycles. The predicted octanol–water partition coefficient (Wildman–Crippen LogP) is 3.58. The third-order valence-electron chi connectivity index (χ3n) is 3.93. The van der Waals surface area contributed by atoms with Crippen LogP contribution in [0.3, 0.4) is 0 Å². The predicted molar refractivity (Wildman–Crippen MR) is 90.1 cm³/mol. The first-order valence-electron chi connectivity index (χ1n) is 7.53. The molecule has 1 atom stereocenters. The van der Waals surface area contributed by atoms with E-state index in [9.17, 15) is 9.59 Å². The monoisotopic (exact) mass is 330 g/mol. The summed E-state index contributed by atoms with van der Waals surface area (Å²) in [6.07, 6.45) is 2.14. The first-order chi connectivity index (χ1) is 11.0. The second-order valence-electron chi connectivity index (χ2n) is 5.75. The van der Waals surface area contributed by atoms with E-state index >= 15 is 0 Å². The highest BCUT2D eigenvalue weighted by Crippen LogP contribution is 2.39. The minimum atomic E-state index is -0.620. The van der Waals surface area contributed by atoms with E-state index < -0.39 is 12.0 Å². The Morgan fingerprint density at radius 2 is 2.04 bits per heavy atom. The average molecular weight is 330 g/mol. The van der Waals surface area contributed by atoms with Gasteiger partial charge in [-0.25, -0.2) is 4.79 Å². The van der Waals surface area contributed by atoms with Crippen LogP contribution in [0.2, 0.25) is 0 Å². The molecule has 23 heavy (non-hydrogen) atoms. The highest BCUT2D eigenvalue weighted by molar-refractivity contribution is 7.17. The molecule has 0 unspecified atom stereocenters. The standard InChI is InChI=1S/C17H18N2O3S/c1-10-7-8-12-13(9-10)23-16(14(12)15(18)20)19-17(21)22-11-5-3-2-4-6-11/h2-6,10H,7-9H2,1H3,(H2,18,20)(H,19,21)/t10-/m0/s1. The van der Waals surface area contributed by atoms with Gasteiger partial charge in [-0.15, -0.1) is 11.3 Å². The van der Waals surface area contributed by atoms with Crippen LogP contribution in [-0.4, -0.2) is 12.0 Å². The van der Waals surface area contributed by atoms with Gasteiger partial charge in [0.05, 0.1) is 5.56 Å². The maximum absolute atomic E-state index is 12.1. The van der Waals surface area contributed by atoms with E-state index in [1.54, 1.807) is 24.3 Å². The van der Waals surface area contributed by atoms with Crippen molar-refractivity contribution in [2.45, 2.75) is 26.2 Å². The number of hydrogen-bond acceptors (Lipinski definition) is 4. The van der Waals surface area contributed by atoms with Crippen molar-refractivity contribution in [3.8, 4) is 5.75 Å². The summed E-state index contributed by atoms with van der Waals surface area (Å²) in [6, 6.07) is 8.78. The van der Waals surface area contributed by atoms with Crippen LogP contribution in [0.4, 0.5) is 9.80 Å². The zero-order valence-corrected chi connectivity index (χ0v) is 13.6. The summed E-state index contributed by atoms with van der Waals surface area (Å²) in [5, 5.41) is 3.15. The normalized spacial score (nSPS) is 16.5. The van der Waals surface area contributed by atoms with Crippen LogP contribution in [0.15, 0.2) is 30.3 Å². The molecule has 0 spiro atoms. The number of carbonyl (C=O) groups is 2. The lowest BCUT2D eigenvalue weighted by Gasteiger charge is -2.18. The summed E-state index contributed by atoms with van der Waals surface area (Å²) in [7, 11) is 0. The summed E-state index contributed by atoms with van der Waals surface area (Å²) in [6.45, 7) is 2.18. The van der Waals surface area contributed by atoms with E-state index in [0.29, 0.717) is 22.2 Å². The molecule has 1 aromatic heterocycles. The third kappa shape index (κ3) is 3.37. The summed E-state index contributed by atoms with van der Waals surface area (Å²) >= 11 is 1.42. The highest BCUT2D eigenvalue weighted by Gasteiger charge is 2.27. The molecule has 6 heteroatoms. The van der Waals surface area contributed by atoms with Crippen molar-refractivity contribution in [3.05, 3.63) is 46.3 Å². The van der Waals surface area contributed by atoms with Gasteiger partial charge in [0.1, 0.15) is 10.8 Å². The topological polar surface area (TPSA) is 81.4 Å². The van der Waals surface area contributed by atoms with Crippen molar-refractivity contribution >= 4 is 28.3 Å². The van der Waals surface area contributed by atoms with Gasteiger partial charge in [0.15, 0.2) is 0 Å². The van der Waals surface area contributed by atoms with Gasteiger partial charge in [-0.05, 0) is 42.9 Å². The zero-order chi connectivity index (χ0) is 16.4. The van der Waals surface area contributed by atoms with Gasteiger partial charge in [-0.2, -0.15) is 0 Å². The average Bonchev–Trinajstić information content (AvgIpc) is 2.84. The highest BCUT2D eigenvalue weighted by atomic mass is 32.1. The number of hydrogen-bond donors (Lipinski definition) is 2. The number of nitrogens with one attached hydrogen (secondary N) is 1. The molecule has 0 aliphatic heterocycles. The van der Waals surface area contributed by atoms with Crippen LogP contribution >= 0.6 is 11.3 Å². The molecule has 0 radical (unpaired) electrons. The zero-order valence-electron chi connectivity index (χ0n) is 12.8. The van der Waals surface area contributed by atoms with Crippen molar-refractivity contribution in [1.29, 1.82) is 0 Å². The number of primary amides is 1. The van der Waals surface area contributed by atoms with Crippen LogP contribution in [0.25, 0.3) is 0 Å². The fourth-order valence-corrected chi connectivity index (χ4v) is 4.22. The number of thiophene rings is 1. The number of carbonyl (C=O) groups excluding carboxylic acids is 2. The number of fused-ring (bicyclic) bond motifs is 1. The number of benzene rings is 1. The summed E-state index contributed by atoms with van der Waals surface area (Å²) < 4.78 is 5.21. The van der Waals surface area contributed by atoms with E-state index in [0.717, 1.165) is 29.7 Å². The van der Waals surface area contributed by atoms with E-state index in [2.05, 4.69) is 12.2 Å². The lowest BCUT2D eigenvalue weighted by molar-refractivity contribution is 0.100. The Morgan fingerprint density at radius 1 is 1.30 bits per heavy atom. The largest absolute Gasteiger partial charge is 0.417 e. The lowest BCUT2D eigenvalue weighted by atomic mass is 9.88. The van der Waals surface area contributed by atoms with E-state index in [-0.39, 0.29) is 0 Å². The summed E-state index contributed by atoms with van der Waals surface area (Å²) in [5.41, 5.74) is 6.94. The SMILES string of the molecule is C[C@H]1CCc2c(sc(NC(=O)Oc3ccccc3)c2C(N)=O)C1. The second-order valence-corrected chi connectivity index (χ2v) is 6.85. The van der Waals surface area contributed by atoms with Crippen molar-refractivity contribution in [3.63, 3.8) is 0 Å². The van der Waals surface area contributed by atoms with E-state index in [4.69, 9.17) is 10.5 Å². The first-order valence-corrected chi connectivity index (χ1v) is 8.34. The van der Waals surface area contributed by atoms with Crippen molar-refractivity contribution in [2.75, 3.05) is 5.32 Å². The molecule has 2 aromatic rings. The van der Waals surface area contributed by atoms with Gasteiger partial charge in [-0.1, -0.05) is 25.1 Å². The first kappa shape index (κ1) is 15.6. The maximum atomic E-state index is 12.1. The van der Waals surface area contributed by atoms with Gasteiger partial charge >= 0.3 is 6.09 Å². The fourth-order valence-electron chi connectivity index (χ4n) is 2.81. The van der Waals surface area contributed by atoms with Crippen LogP contribution in [0.1, 0.15) is 34.1 Å². The number of ether oxygens (including phenoxy) is 1. The minimum absolute atomic E-state index is 0.432. The molecule has 3 rings (SSSR count). The molecule has 1 aliphatic rings. The third-order valence-corrected chi connectivity index (χ3v) is 5.10. The van der Waals surface area contributed by atoms with Gasteiger partial charge in [0.25, 0.3) is 5.91 Å². The van der Waals surface area contributed by atoms with Gasteiger partial charge in [0, 0.05) is 4.88 Å². The van der Waals surface area contributed by atoms with Crippen LogP contribution in [0.5, 0.6) is 5.75 Å². The molecular weight excluding hydrogens is 312 g/mol. The van der Waals surface area contributed by atoms with Gasteiger partial charge in [0.2, 0.25) is 0 Å². The molecule has 2 amide bonds. The molecule has 3 N–H and O–H groups in total. The summed E-state index contributed by atoms with van der Waals surface area (Å²) in [5.74, 6) is 0.513. The lowest BCUT2D eigenvalue weighted by Crippen LogP contribution is -2.21. The van der Waals surface area contributed by atoms with E-state index in [1.807, 2.05) is 6.07 Å². The molecule has 120 valence electrons. The Kier molecular flexibility index (Phi) is 4.34. The minimum Gasteiger partial charge on any atom is -0.410 e. The molecule has 0 saturated heterocycles. The Balaban J connectivity index is 1.82. The fraction of sp³-hybridized carbons (Fsp3) is 0.294. The molecule has 1 heterocycles. The van der Waals surface area contributed by atoms with Gasteiger partial charge < -0.3 is 10.5 Å². The van der Waals surface area contributed by atoms with Crippen molar-refractivity contribution in [2.24, 2.45) is 11.7 Å². The smallest absolute Gasteiger partial charge is 0.410 e. The number of amides is 2. The number of nitrogens with two attached hydrogens (primary N) is 1. The van der Waals surface area contributed by atoms with Crippen LogP contribution in [0, 0.1) is 5.92 Å². The molecule has 0 bridgehead atoms. The summed E-state index contributed by atoms with van der Waals surface area (Å²) in [4.78, 5) is 25.0. The van der Waals surface area contributed by atoms with Crippen molar-refractivity contribution in [1.82, 2.24) is 0 Å². The molecule has 1 aliphatic carbocycles. The number of rotatable bonds is 3. The van der Waals surface area contributed by atoms with E-state index in [1.165, 1.54) is 11.3 Å². The Hall–Kier alpha value is -2.34. The quantitative estimate of drug-likeness (QED) is 0.902. The molecule has 5 nitrogen and oxygen atoms in total. The Bertz CT molecular complexity index is 740. The molecule has 0 saturated carbocycles. The number of anilines is 1. The van der Waals surface area contributed by atoms with Gasteiger partial charge in [-0.3, -0.25) is 10.1 Å². The van der Waals surface area contributed by atoms with Crippen LogP contribution in [-0.2, 0) is 12.8 Å². The Labute approximate surface area is 138 Å².